The molecule has 3 nitrogen and oxygen atoms in total. The van der Waals surface area contributed by atoms with Gasteiger partial charge in [-0.25, -0.2) is 4.98 Å². The first kappa shape index (κ1) is 10.8. The molecule has 0 aliphatic carbocycles. The molecule has 2 aromatic rings. The van der Waals surface area contributed by atoms with E-state index in [-0.39, 0.29) is 0 Å². The summed E-state index contributed by atoms with van der Waals surface area (Å²) < 4.78 is 0. The Bertz CT molecular complexity index is 536. The Hall–Kier alpha value is -1.35. The average Bonchev–Trinajstić information content (AvgIpc) is 2.74. The summed E-state index contributed by atoms with van der Waals surface area (Å²) in [4.78, 5) is 8.30. The number of aryl methyl sites for hydroxylation is 2. The summed E-state index contributed by atoms with van der Waals surface area (Å²) in [6, 6.07) is 4.40. The van der Waals surface area contributed by atoms with E-state index in [1.165, 1.54) is 35.3 Å². The van der Waals surface area contributed by atoms with Crippen LogP contribution in [0.25, 0.3) is 11.0 Å². The van der Waals surface area contributed by atoms with E-state index in [0.29, 0.717) is 5.92 Å². The highest BCUT2D eigenvalue weighted by atomic mass is 14.9. The first-order valence-electron chi connectivity index (χ1n) is 6.41. The van der Waals surface area contributed by atoms with Crippen LogP contribution in [0.4, 0.5) is 0 Å². The average molecular weight is 229 g/mol. The van der Waals surface area contributed by atoms with Crippen LogP contribution in [0.2, 0.25) is 0 Å². The molecule has 1 aliphatic rings. The number of fused-ring (bicyclic) bond motifs is 1. The number of aromatic nitrogens is 2. The van der Waals surface area contributed by atoms with Crippen LogP contribution >= 0.6 is 0 Å². The van der Waals surface area contributed by atoms with E-state index in [0.717, 1.165) is 18.6 Å². The lowest BCUT2D eigenvalue weighted by Gasteiger charge is -2.20. The zero-order valence-corrected chi connectivity index (χ0v) is 10.5. The fourth-order valence-corrected chi connectivity index (χ4v) is 2.78. The van der Waals surface area contributed by atoms with E-state index >= 15 is 0 Å². The normalized spacial score (nSPS) is 17.8. The molecule has 1 fully saturated rings. The van der Waals surface area contributed by atoms with Gasteiger partial charge in [-0.2, -0.15) is 0 Å². The van der Waals surface area contributed by atoms with Crippen molar-refractivity contribution < 1.29 is 0 Å². The Labute approximate surface area is 102 Å². The first-order valence-corrected chi connectivity index (χ1v) is 6.41. The molecule has 2 heterocycles. The molecular weight excluding hydrogens is 210 g/mol. The van der Waals surface area contributed by atoms with Crippen LogP contribution in [0.1, 0.15) is 35.7 Å². The summed E-state index contributed by atoms with van der Waals surface area (Å²) in [5, 5.41) is 3.40. The molecule has 0 spiro atoms. The predicted molar refractivity (Wildman–Crippen MR) is 70.4 cm³/mol. The Kier molecular flexibility index (Phi) is 2.63. The highest BCUT2D eigenvalue weighted by Crippen LogP contribution is 2.26. The molecule has 0 atom stereocenters. The largest absolute Gasteiger partial charge is 0.342 e. The summed E-state index contributed by atoms with van der Waals surface area (Å²) in [6.45, 7) is 6.50. The third kappa shape index (κ3) is 1.95. The second-order valence-electron chi connectivity index (χ2n) is 5.12. The molecule has 0 radical (unpaired) electrons. The molecular formula is C14H19N3. The minimum Gasteiger partial charge on any atom is -0.342 e. The maximum atomic E-state index is 4.79. The van der Waals surface area contributed by atoms with Crippen molar-refractivity contribution in [2.45, 2.75) is 32.6 Å². The second-order valence-corrected chi connectivity index (χ2v) is 5.12. The number of rotatable bonds is 1. The Morgan fingerprint density at radius 1 is 1.18 bits per heavy atom. The molecule has 1 aromatic heterocycles. The smallest absolute Gasteiger partial charge is 0.110 e. The molecule has 2 N–H and O–H groups in total. The molecule has 17 heavy (non-hydrogen) atoms. The van der Waals surface area contributed by atoms with Crippen LogP contribution in [0.5, 0.6) is 0 Å². The molecule has 0 bridgehead atoms. The summed E-state index contributed by atoms with van der Waals surface area (Å²) >= 11 is 0. The van der Waals surface area contributed by atoms with Crippen LogP contribution in [-0.2, 0) is 0 Å². The van der Waals surface area contributed by atoms with E-state index < -0.39 is 0 Å². The van der Waals surface area contributed by atoms with Gasteiger partial charge in [0.05, 0.1) is 11.0 Å². The molecule has 3 heteroatoms. The topological polar surface area (TPSA) is 40.7 Å². The number of nitrogens with zero attached hydrogens (tertiary/aromatic N) is 1. The molecule has 3 rings (SSSR count). The van der Waals surface area contributed by atoms with Crippen LogP contribution < -0.4 is 5.32 Å². The van der Waals surface area contributed by atoms with E-state index in [1.54, 1.807) is 0 Å². The van der Waals surface area contributed by atoms with Crippen molar-refractivity contribution in [3.8, 4) is 0 Å². The Morgan fingerprint density at radius 3 is 2.71 bits per heavy atom. The Morgan fingerprint density at radius 2 is 1.94 bits per heavy atom. The molecule has 0 amide bonds. The van der Waals surface area contributed by atoms with Gasteiger partial charge in [-0.05, 0) is 57.0 Å². The molecule has 1 saturated heterocycles. The van der Waals surface area contributed by atoms with Gasteiger partial charge in [0.15, 0.2) is 0 Å². The van der Waals surface area contributed by atoms with Crippen LogP contribution in [0, 0.1) is 13.8 Å². The second kappa shape index (κ2) is 4.15. The van der Waals surface area contributed by atoms with Crippen LogP contribution in [0.3, 0.4) is 0 Å². The third-order valence-corrected chi connectivity index (χ3v) is 3.67. The zero-order chi connectivity index (χ0) is 11.8. The van der Waals surface area contributed by atoms with Gasteiger partial charge >= 0.3 is 0 Å². The standard InChI is InChI=1S/C14H19N3/c1-9-7-10(2)13-12(8-9)16-14(17-13)11-3-5-15-6-4-11/h7-8,11,15H,3-6H2,1-2H3,(H,16,17). The van der Waals surface area contributed by atoms with Crippen molar-refractivity contribution in [3.63, 3.8) is 0 Å². The molecule has 0 unspecified atom stereocenters. The van der Waals surface area contributed by atoms with Crippen molar-refractivity contribution in [2.75, 3.05) is 13.1 Å². The SMILES string of the molecule is Cc1cc(C)c2nc(C3CCNCC3)[nH]c2c1. The number of imidazole rings is 1. The van der Waals surface area contributed by atoms with Crippen molar-refractivity contribution >= 4 is 11.0 Å². The first-order chi connectivity index (χ1) is 8.24. The van der Waals surface area contributed by atoms with Gasteiger partial charge in [0.1, 0.15) is 5.82 Å². The monoisotopic (exact) mass is 229 g/mol. The minimum atomic E-state index is 0.600. The van der Waals surface area contributed by atoms with Gasteiger partial charge < -0.3 is 10.3 Å². The van der Waals surface area contributed by atoms with Crippen LogP contribution in [0.15, 0.2) is 12.1 Å². The molecule has 1 aliphatic heterocycles. The number of nitrogens with one attached hydrogen (secondary N) is 2. The number of hydrogen-bond donors (Lipinski definition) is 2. The predicted octanol–water partition coefficient (Wildman–Crippen LogP) is 2.65. The lowest BCUT2D eigenvalue weighted by Crippen LogP contribution is -2.27. The number of aromatic amines is 1. The van der Waals surface area contributed by atoms with Crippen LogP contribution in [-0.4, -0.2) is 23.1 Å². The van der Waals surface area contributed by atoms with E-state index in [1.807, 2.05) is 0 Å². The lowest BCUT2D eigenvalue weighted by molar-refractivity contribution is 0.448. The van der Waals surface area contributed by atoms with E-state index in [4.69, 9.17) is 4.98 Å². The van der Waals surface area contributed by atoms with Gasteiger partial charge in [0.25, 0.3) is 0 Å². The Balaban J connectivity index is 2.03. The third-order valence-electron chi connectivity index (χ3n) is 3.67. The van der Waals surface area contributed by atoms with Gasteiger partial charge in [-0.3, -0.25) is 0 Å². The van der Waals surface area contributed by atoms with E-state index in [2.05, 4.69) is 36.3 Å². The number of H-pyrrole nitrogens is 1. The zero-order valence-electron chi connectivity index (χ0n) is 10.5. The summed E-state index contributed by atoms with van der Waals surface area (Å²) in [6.07, 6.45) is 2.38. The number of hydrogen-bond acceptors (Lipinski definition) is 2. The number of benzene rings is 1. The lowest BCUT2D eigenvalue weighted by atomic mass is 9.98. The fraction of sp³-hybridized carbons (Fsp3) is 0.500. The van der Waals surface area contributed by atoms with Crippen molar-refractivity contribution in [1.29, 1.82) is 0 Å². The molecule has 0 saturated carbocycles. The summed E-state index contributed by atoms with van der Waals surface area (Å²) in [7, 11) is 0. The van der Waals surface area contributed by atoms with Crippen molar-refractivity contribution in [3.05, 3.63) is 29.1 Å². The molecule has 1 aromatic carbocycles. The highest BCUT2D eigenvalue weighted by molar-refractivity contribution is 5.79. The number of piperidine rings is 1. The molecule has 90 valence electrons. The van der Waals surface area contributed by atoms with Gasteiger partial charge in [-0.15, -0.1) is 0 Å². The van der Waals surface area contributed by atoms with Gasteiger partial charge in [0, 0.05) is 5.92 Å². The van der Waals surface area contributed by atoms with Crippen molar-refractivity contribution in [2.24, 2.45) is 0 Å². The van der Waals surface area contributed by atoms with Gasteiger partial charge in [-0.1, -0.05) is 6.07 Å². The maximum absolute atomic E-state index is 4.79. The fourth-order valence-electron chi connectivity index (χ4n) is 2.78. The highest BCUT2D eigenvalue weighted by Gasteiger charge is 2.18. The van der Waals surface area contributed by atoms with Crippen molar-refractivity contribution in [1.82, 2.24) is 15.3 Å². The summed E-state index contributed by atoms with van der Waals surface area (Å²) in [5.41, 5.74) is 4.91. The van der Waals surface area contributed by atoms with E-state index in [9.17, 15) is 0 Å². The summed E-state index contributed by atoms with van der Waals surface area (Å²) in [5.74, 6) is 1.78. The maximum Gasteiger partial charge on any atom is 0.110 e. The minimum absolute atomic E-state index is 0.600. The van der Waals surface area contributed by atoms with Gasteiger partial charge in [0.2, 0.25) is 0 Å². The quantitative estimate of drug-likeness (QED) is 0.789.